The predicted molar refractivity (Wildman–Crippen MR) is 246 cm³/mol. The molecule has 1 fully saturated rings. The van der Waals surface area contributed by atoms with E-state index >= 15 is 0 Å². The first kappa shape index (κ1) is 54.8. The van der Waals surface area contributed by atoms with Crippen LogP contribution < -0.4 is 0 Å². The highest BCUT2D eigenvalue weighted by Gasteiger charge is 2.17. The topological polar surface area (TPSA) is 74.3 Å². The smallest absolute Gasteiger partial charge is 0.306 e. The van der Waals surface area contributed by atoms with Crippen LogP contribution in [0.3, 0.4) is 0 Å². The Balaban J connectivity index is 2.25. The van der Waals surface area contributed by atoms with Gasteiger partial charge in [0.2, 0.25) is 0 Å². The molecule has 344 valence electrons. The van der Waals surface area contributed by atoms with Crippen molar-refractivity contribution in [2.75, 3.05) is 59.3 Å². The summed E-state index contributed by atoms with van der Waals surface area (Å²) in [7, 11) is 0. The van der Waals surface area contributed by atoms with Gasteiger partial charge in [-0.3, -0.25) is 14.5 Å². The van der Waals surface area contributed by atoms with Gasteiger partial charge in [-0.05, 0) is 75.5 Å². The molecule has 0 unspecified atom stereocenters. The minimum absolute atomic E-state index is 0.0275. The van der Waals surface area contributed by atoms with Gasteiger partial charge in [-0.25, -0.2) is 0 Å². The Morgan fingerprint density at radius 2 is 0.810 bits per heavy atom. The molecule has 0 aromatic rings. The number of nitrogens with zero attached hydrogens (tertiary/aromatic N) is 1. The minimum atomic E-state index is 0.0275. The average molecular weight is 822 g/mol. The van der Waals surface area contributed by atoms with Crippen LogP contribution in [0.25, 0.3) is 0 Å². The molecule has 0 bridgehead atoms. The van der Waals surface area contributed by atoms with Crippen molar-refractivity contribution in [2.45, 2.75) is 240 Å². The van der Waals surface area contributed by atoms with Crippen molar-refractivity contribution in [3.63, 3.8) is 0 Å². The van der Waals surface area contributed by atoms with Crippen LogP contribution >= 0.6 is 0 Å². The van der Waals surface area contributed by atoms with Crippen LogP contribution in [0.2, 0.25) is 0 Å². The molecule has 58 heavy (non-hydrogen) atoms. The van der Waals surface area contributed by atoms with Crippen LogP contribution in [-0.2, 0) is 28.5 Å². The summed E-state index contributed by atoms with van der Waals surface area (Å²) in [5.74, 6) is 1.72. The summed E-state index contributed by atoms with van der Waals surface area (Å²) in [6.07, 6.45) is 39.0. The van der Waals surface area contributed by atoms with Crippen LogP contribution in [0.5, 0.6) is 0 Å². The van der Waals surface area contributed by atoms with Gasteiger partial charge in [0.05, 0.1) is 26.4 Å². The van der Waals surface area contributed by atoms with E-state index < -0.39 is 0 Å². The Morgan fingerprint density at radius 1 is 0.448 bits per heavy atom. The summed E-state index contributed by atoms with van der Waals surface area (Å²) < 4.78 is 23.1. The van der Waals surface area contributed by atoms with E-state index in [0.717, 1.165) is 78.2 Å². The normalized spacial score (nSPS) is 13.6. The fourth-order valence-electron chi connectivity index (χ4n) is 8.65. The van der Waals surface area contributed by atoms with Crippen molar-refractivity contribution >= 4 is 11.9 Å². The molecule has 0 aromatic carbocycles. The highest BCUT2D eigenvalue weighted by molar-refractivity contribution is 5.70. The summed E-state index contributed by atoms with van der Waals surface area (Å²) in [6, 6.07) is 0. The van der Waals surface area contributed by atoms with E-state index in [2.05, 4.69) is 32.6 Å². The molecule has 0 radical (unpaired) electrons. The zero-order valence-corrected chi connectivity index (χ0v) is 39.3. The lowest BCUT2D eigenvalue weighted by molar-refractivity contribution is -0.146. The third-order valence-electron chi connectivity index (χ3n) is 12.5. The van der Waals surface area contributed by atoms with E-state index in [1.807, 2.05) is 0 Å². The van der Waals surface area contributed by atoms with Crippen LogP contribution in [0.15, 0.2) is 0 Å². The maximum atomic E-state index is 12.6. The molecule has 0 amide bonds. The van der Waals surface area contributed by atoms with Gasteiger partial charge in [-0.1, -0.05) is 169 Å². The molecule has 0 N–H and O–H groups in total. The maximum absolute atomic E-state index is 12.6. The quantitative estimate of drug-likeness (QED) is 0.0447. The van der Waals surface area contributed by atoms with E-state index in [0.29, 0.717) is 43.8 Å². The van der Waals surface area contributed by atoms with Crippen LogP contribution in [0.1, 0.15) is 240 Å². The van der Waals surface area contributed by atoms with E-state index in [9.17, 15) is 9.59 Å². The molecule has 0 aromatic heterocycles. The van der Waals surface area contributed by atoms with Gasteiger partial charge in [0.25, 0.3) is 0 Å². The van der Waals surface area contributed by atoms with Crippen LogP contribution in [0, 0.1) is 17.8 Å². The SMILES string of the molecule is CCCCCC(CCCCC)CC(=O)OCCCCCCCCC(CCCCCCCCOC(=O)CC(CCCCC)CCCCC)COCCCN1CCOCC1. The third-order valence-corrected chi connectivity index (χ3v) is 12.5. The number of rotatable bonds is 44. The first-order valence-electron chi connectivity index (χ1n) is 25.7. The number of carbonyl (C=O) groups excluding carboxylic acids is 2. The number of morpholine rings is 1. The first-order valence-corrected chi connectivity index (χ1v) is 25.7. The molecule has 1 heterocycles. The summed E-state index contributed by atoms with van der Waals surface area (Å²) >= 11 is 0. The van der Waals surface area contributed by atoms with Crippen molar-refractivity contribution in [3.05, 3.63) is 0 Å². The first-order chi connectivity index (χ1) is 28.5. The van der Waals surface area contributed by atoms with Gasteiger partial charge in [0.15, 0.2) is 0 Å². The van der Waals surface area contributed by atoms with Crippen molar-refractivity contribution in [1.29, 1.82) is 0 Å². The average Bonchev–Trinajstić information content (AvgIpc) is 3.22. The number of hydrogen-bond donors (Lipinski definition) is 0. The molecule has 0 aliphatic carbocycles. The number of hydrogen-bond acceptors (Lipinski definition) is 7. The van der Waals surface area contributed by atoms with Crippen molar-refractivity contribution < 1.29 is 28.5 Å². The predicted octanol–water partition coefficient (Wildman–Crippen LogP) is 14.2. The Kier molecular flexibility index (Phi) is 40.2. The van der Waals surface area contributed by atoms with E-state index in [1.54, 1.807) is 0 Å². The highest BCUT2D eigenvalue weighted by Crippen LogP contribution is 2.24. The van der Waals surface area contributed by atoms with Gasteiger partial charge in [-0.2, -0.15) is 0 Å². The van der Waals surface area contributed by atoms with E-state index in [-0.39, 0.29) is 11.9 Å². The van der Waals surface area contributed by atoms with Gasteiger partial charge in [-0.15, -0.1) is 0 Å². The molecule has 1 aliphatic heterocycles. The van der Waals surface area contributed by atoms with Gasteiger partial charge >= 0.3 is 11.9 Å². The molecule has 0 spiro atoms. The fourth-order valence-corrected chi connectivity index (χ4v) is 8.65. The molecule has 1 aliphatic rings. The lowest BCUT2D eigenvalue weighted by atomic mass is 9.92. The Labute approximate surface area is 361 Å². The second-order valence-corrected chi connectivity index (χ2v) is 18.1. The molecular weight excluding hydrogens is 723 g/mol. The summed E-state index contributed by atoms with van der Waals surface area (Å²) in [6.45, 7) is 16.9. The Morgan fingerprint density at radius 3 is 1.22 bits per heavy atom. The summed E-state index contributed by atoms with van der Waals surface area (Å²) in [5, 5.41) is 0. The van der Waals surface area contributed by atoms with Crippen LogP contribution in [-0.4, -0.2) is 76.1 Å². The molecule has 0 saturated carbocycles. The summed E-state index contributed by atoms with van der Waals surface area (Å²) in [5.41, 5.74) is 0. The molecule has 1 rings (SSSR count). The fraction of sp³-hybridized carbons (Fsp3) is 0.961. The monoisotopic (exact) mass is 822 g/mol. The number of esters is 2. The molecule has 1 saturated heterocycles. The second kappa shape index (κ2) is 42.5. The number of ether oxygens (including phenoxy) is 4. The van der Waals surface area contributed by atoms with Gasteiger partial charge in [0, 0.05) is 45.7 Å². The lowest BCUT2D eigenvalue weighted by Gasteiger charge is -2.26. The van der Waals surface area contributed by atoms with Crippen molar-refractivity contribution in [2.24, 2.45) is 17.8 Å². The van der Waals surface area contributed by atoms with Crippen LogP contribution in [0.4, 0.5) is 0 Å². The molecule has 0 atom stereocenters. The minimum Gasteiger partial charge on any atom is -0.466 e. The Hall–Kier alpha value is -1.18. The third kappa shape index (κ3) is 35.6. The van der Waals surface area contributed by atoms with Crippen molar-refractivity contribution in [1.82, 2.24) is 4.90 Å². The number of carbonyl (C=O) groups is 2. The van der Waals surface area contributed by atoms with E-state index in [1.165, 1.54) is 167 Å². The lowest BCUT2D eigenvalue weighted by Crippen LogP contribution is -2.37. The molecular formula is C51H99NO6. The maximum Gasteiger partial charge on any atom is 0.306 e. The molecule has 7 heteroatoms. The molecule has 7 nitrogen and oxygen atoms in total. The second-order valence-electron chi connectivity index (χ2n) is 18.1. The van der Waals surface area contributed by atoms with Gasteiger partial charge < -0.3 is 18.9 Å². The van der Waals surface area contributed by atoms with Crippen molar-refractivity contribution in [3.8, 4) is 0 Å². The standard InChI is InChI=1S/C51H99NO6/c1-5-9-21-30-47(31-22-10-6-2)44-50(53)57-40-27-19-15-13-17-25-34-49(46-56-39-29-36-52-37-42-55-43-38-52)35-26-18-14-16-20-28-41-58-51(54)45-48(32-23-11-7-3)33-24-12-8-4/h47-49H,5-46H2,1-4H3. The zero-order valence-electron chi connectivity index (χ0n) is 39.3. The zero-order chi connectivity index (χ0) is 42.0. The highest BCUT2D eigenvalue weighted by atomic mass is 16.5. The Bertz CT molecular complexity index is 803. The largest absolute Gasteiger partial charge is 0.466 e. The number of unbranched alkanes of at least 4 members (excludes halogenated alkanes) is 18. The summed E-state index contributed by atoms with van der Waals surface area (Å²) in [4.78, 5) is 27.6. The van der Waals surface area contributed by atoms with Gasteiger partial charge in [0.1, 0.15) is 0 Å². The van der Waals surface area contributed by atoms with E-state index in [4.69, 9.17) is 18.9 Å².